The van der Waals surface area contributed by atoms with Crippen LogP contribution in [0.25, 0.3) is 5.20 Å². The highest BCUT2D eigenvalue weighted by Crippen LogP contribution is 2.51. The van der Waals surface area contributed by atoms with Crippen LogP contribution in [-0.4, -0.2) is 16.1 Å². The monoisotopic (exact) mass is 342 g/mol. The van der Waals surface area contributed by atoms with E-state index >= 15 is 0 Å². The molecule has 0 aromatic heterocycles. The summed E-state index contributed by atoms with van der Waals surface area (Å²) < 4.78 is 0. The lowest BCUT2D eigenvalue weighted by Gasteiger charge is -2.47. The van der Waals surface area contributed by atoms with Crippen molar-refractivity contribution in [1.82, 2.24) is 0 Å². The fraction of sp³-hybridized carbons (Fsp3) is 0.524. The summed E-state index contributed by atoms with van der Waals surface area (Å²) >= 11 is 0. The van der Waals surface area contributed by atoms with Crippen molar-refractivity contribution in [3.63, 3.8) is 0 Å². The summed E-state index contributed by atoms with van der Waals surface area (Å²) in [4.78, 5) is 0. The lowest BCUT2D eigenvalue weighted by Crippen LogP contribution is -2.46. The Morgan fingerprint density at radius 2 is 1.48 bits per heavy atom. The second kappa shape index (κ2) is 6.94. The number of benzene rings is 1. The van der Waals surface area contributed by atoms with E-state index in [9.17, 15) is 0 Å². The van der Waals surface area contributed by atoms with Crippen molar-refractivity contribution in [3.05, 3.63) is 51.9 Å². The van der Waals surface area contributed by atoms with Crippen molar-refractivity contribution in [2.45, 2.75) is 72.3 Å². The highest BCUT2D eigenvalue weighted by Gasteiger charge is 2.46. The van der Waals surface area contributed by atoms with Crippen LogP contribution in [-0.2, 0) is 0 Å². The number of hydrogen-bond donors (Lipinski definition) is 0. The molecule has 0 saturated carbocycles. The van der Waals surface area contributed by atoms with Gasteiger partial charge in [0.15, 0.2) is 0 Å². The minimum absolute atomic E-state index is 1.27. The van der Waals surface area contributed by atoms with E-state index in [-0.39, 0.29) is 0 Å². The van der Waals surface area contributed by atoms with Gasteiger partial charge in [0.1, 0.15) is 8.07 Å². The Bertz CT molecular complexity index is 613. The molecule has 1 heterocycles. The largest absolute Gasteiger partial charge is 0.108 e. The summed E-state index contributed by atoms with van der Waals surface area (Å²) in [5.74, 6) is 0. The molecule has 1 aliphatic heterocycles. The van der Waals surface area contributed by atoms with Crippen molar-refractivity contribution >= 4 is 21.3 Å². The summed E-state index contributed by atoms with van der Waals surface area (Å²) in [6.07, 6.45) is 5.16. The zero-order chi connectivity index (χ0) is 17.3. The Labute approximate surface area is 145 Å². The smallest absolute Gasteiger partial charge is 0.0730 e. The third-order valence-electron chi connectivity index (χ3n) is 5.11. The Kier molecular flexibility index (Phi) is 5.57. The number of hydrogen-bond acceptors (Lipinski definition) is 0. The first-order chi connectivity index (χ1) is 10.7. The zero-order valence-corrected chi connectivity index (χ0v) is 18.2. The topological polar surface area (TPSA) is 0 Å². The van der Waals surface area contributed by atoms with E-state index in [0.717, 1.165) is 0 Å². The number of allylic oxidation sites excluding steroid dienone is 3. The molecule has 0 bridgehead atoms. The number of rotatable bonds is 6. The first-order valence-corrected chi connectivity index (χ1v) is 15.8. The average Bonchev–Trinajstić information content (AvgIpc) is 2.48. The van der Waals surface area contributed by atoms with Gasteiger partial charge < -0.3 is 0 Å². The van der Waals surface area contributed by atoms with Gasteiger partial charge in [-0.3, -0.25) is 0 Å². The fourth-order valence-corrected chi connectivity index (χ4v) is 12.0. The molecule has 0 fully saturated rings. The third-order valence-corrected chi connectivity index (χ3v) is 11.3. The molecule has 0 aliphatic carbocycles. The van der Waals surface area contributed by atoms with E-state index in [4.69, 9.17) is 0 Å². The van der Waals surface area contributed by atoms with Crippen LogP contribution in [0, 0.1) is 0 Å². The van der Waals surface area contributed by atoms with Crippen LogP contribution < -0.4 is 0 Å². The van der Waals surface area contributed by atoms with Gasteiger partial charge in [-0.15, -0.1) is 0 Å². The SMILES string of the molecule is CCCC1=C(CCC)[Si](C)(C)/C1=C(\c1ccccc1)[Si](C)(C)C. The van der Waals surface area contributed by atoms with Crippen LogP contribution in [0.5, 0.6) is 0 Å². The summed E-state index contributed by atoms with van der Waals surface area (Å²) in [6, 6.07) is 11.2. The molecule has 0 radical (unpaired) electrons. The van der Waals surface area contributed by atoms with E-state index in [0.29, 0.717) is 0 Å². The first kappa shape index (κ1) is 18.5. The molecule has 1 aliphatic rings. The second-order valence-corrected chi connectivity index (χ2v) is 17.8. The summed E-state index contributed by atoms with van der Waals surface area (Å²) in [5, 5.41) is 5.44. The normalized spacial score (nSPS) is 19.6. The molecule has 0 unspecified atom stereocenters. The minimum atomic E-state index is -1.39. The van der Waals surface area contributed by atoms with Gasteiger partial charge in [0.2, 0.25) is 0 Å². The van der Waals surface area contributed by atoms with Crippen molar-refractivity contribution in [2.24, 2.45) is 0 Å². The molecule has 23 heavy (non-hydrogen) atoms. The molecule has 1 aromatic carbocycles. The molecule has 2 heteroatoms. The molecular formula is C21H34Si2. The fourth-order valence-electron chi connectivity index (χ4n) is 4.25. The second-order valence-electron chi connectivity index (χ2n) is 8.45. The van der Waals surface area contributed by atoms with Gasteiger partial charge in [0.25, 0.3) is 0 Å². The van der Waals surface area contributed by atoms with Crippen molar-refractivity contribution < 1.29 is 0 Å². The van der Waals surface area contributed by atoms with E-state index in [1.807, 2.05) is 10.4 Å². The maximum Gasteiger partial charge on any atom is 0.108 e. The van der Waals surface area contributed by atoms with E-state index in [1.54, 1.807) is 10.8 Å². The van der Waals surface area contributed by atoms with Crippen LogP contribution in [0.1, 0.15) is 45.1 Å². The van der Waals surface area contributed by atoms with Gasteiger partial charge >= 0.3 is 0 Å². The Morgan fingerprint density at radius 3 is 1.96 bits per heavy atom. The molecule has 2 rings (SSSR count). The van der Waals surface area contributed by atoms with Gasteiger partial charge in [0, 0.05) is 0 Å². The van der Waals surface area contributed by atoms with Crippen molar-refractivity contribution in [1.29, 1.82) is 0 Å². The Hall–Kier alpha value is -0.866. The van der Waals surface area contributed by atoms with Crippen molar-refractivity contribution in [2.75, 3.05) is 0 Å². The van der Waals surface area contributed by atoms with Gasteiger partial charge in [-0.1, -0.05) is 111 Å². The summed E-state index contributed by atoms with van der Waals surface area (Å²) in [7, 11) is -2.78. The molecule has 0 spiro atoms. The Morgan fingerprint density at radius 1 is 0.913 bits per heavy atom. The van der Waals surface area contributed by atoms with Gasteiger partial charge in [-0.25, -0.2) is 0 Å². The van der Waals surface area contributed by atoms with E-state index in [2.05, 4.69) is 76.9 Å². The van der Waals surface area contributed by atoms with Crippen LogP contribution in [0.3, 0.4) is 0 Å². The van der Waals surface area contributed by atoms with Crippen LogP contribution >= 0.6 is 0 Å². The molecular weight excluding hydrogens is 308 g/mol. The standard InChI is InChI=1S/C21H34Si2/c1-8-13-18-19(14-9-2)23(6,7)21(18)20(22(3,4)5)17-15-11-10-12-16-17/h10-12,15-16H,8-9,13-14H2,1-7H3/b21-20+. The van der Waals surface area contributed by atoms with Crippen LogP contribution in [0.2, 0.25) is 32.7 Å². The maximum atomic E-state index is 2.59. The maximum absolute atomic E-state index is 2.59. The highest BCUT2D eigenvalue weighted by molar-refractivity contribution is 7.02. The van der Waals surface area contributed by atoms with Gasteiger partial charge in [-0.05, 0) is 18.4 Å². The molecule has 0 amide bonds. The average molecular weight is 343 g/mol. The predicted molar refractivity (Wildman–Crippen MR) is 111 cm³/mol. The molecule has 126 valence electrons. The quantitative estimate of drug-likeness (QED) is 0.487. The molecule has 1 aromatic rings. The summed E-state index contributed by atoms with van der Waals surface area (Å²) in [6.45, 7) is 17.4. The zero-order valence-electron chi connectivity index (χ0n) is 16.2. The lowest BCUT2D eigenvalue weighted by atomic mass is 10.0. The van der Waals surface area contributed by atoms with Gasteiger partial charge in [-0.2, -0.15) is 0 Å². The Balaban J connectivity index is 2.72. The minimum Gasteiger partial charge on any atom is -0.0730 e. The van der Waals surface area contributed by atoms with E-state index < -0.39 is 16.1 Å². The molecule has 0 saturated heterocycles. The molecule has 0 atom stereocenters. The predicted octanol–water partition coefficient (Wildman–Crippen LogP) is 7.01. The summed E-state index contributed by atoms with van der Waals surface area (Å²) in [5.41, 5.74) is 3.25. The molecule has 0 N–H and O–H groups in total. The van der Waals surface area contributed by atoms with Crippen molar-refractivity contribution in [3.8, 4) is 0 Å². The van der Waals surface area contributed by atoms with E-state index in [1.165, 1.54) is 31.2 Å². The van der Waals surface area contributed by atoms with Crippen LogP contribution in [0.4, 0.5) is 0 Å². The lowest BCUT2D eigenvalue weighted by molar-refractivity contribution is 0.856. The van der Waals surface area contributed by atoms with Gasteiger partial charge in [0.05, 0.1) is 8.07 Å². The first-order valence-electron chi connectivity index (χ1n) is 9.28. The molecule has 0 nitrogen and oxygen atoms in total. The van der Waals surface area contributed by atoms with Crippen LogP contribution in [0.15, 0.2) is 46.3 Å². The highest BCUT2D eigenvalue weighted by atomic mass is 28.3. The third kappa shape index (κ3) is 3.48.